The molecule has 9 heteroatoms. The van der Waals surface area contributed by atoms with E-state index in [1.807, 2.05) is 0 Å². The number of ether oxygens (including phenoxy) is 1. The molecule has 0 saturated carbocycles. The first-order valence-electron chi connectivity index (χ1n) is 7.10. The Bertz CT molecular complexity index is 627. The van der Waals surface area contributed by atoms with Crippen LogP contribution in [0.25, 0.3) is 0 Å². The molecular formula is C14H20N2O6S. The van der Waals surface area contributed by atoms with E-state index in [0.717, 1.165) is 19.3 Å². The van der Waals surface area contributed by atoms with Crippen LogP contribution >= 0.6 is 0 Å². The summed E-state index contributed by atoms with van der Waals surface area (Å²) in [4.78, 5) is 21.5. The van der Waals surface area contributed by atoms with Crippen LogP contribution in [0.1, 0.15) is 26.2 Å². The van der Waals surface area contributed by atoms with E-state index < -0.39 is 28.6 Å². The average molecular weight is 344 g/mol. The number of rotatable bonds is 9. The number of nitrogens with one attached hydrogen (secondary N) is 2. The standard InChI is InChI=1S/C14H20N2O6S/c1-2-3-4-9-22-11-5-7-12(8-6-11)23(20,21)16-13(17)10-15-14(18)19/h5-8,15H,2-4,9-10H2,1H3,(H,16,17)(H,18,19). The van der Waals surface area contributed by atoms with Gasteiger partial charge in [-0.15, -0.1) is 0 Å². The van der Waals surface area contributed by atoms with Gasteiger partial charge in [0.2, 0.25) is 0 Å². The van der Waals surface area contributed by atoms with Crippen molar-refractivity contribution in [2.75, 3.05) is 13.2 Å². The molecular weight excluding hydrogens is 324 g/mol. The molecule has 0 spiro atoms. The lowest BCUT2D eigenvalue weighted by atomic mass is 10.3. The van der Waals surface area contributed by atoms with Crippen molar-refractivity contribution in [1.29, 1.82) is 0 Å². The van der Waals surface area contributed by atoms with Gasteiger partial charge in [-0.3, -0.25) is 4.79 Å². The summed E-state index contributed by atoms with van der Waals surface area (Å²) in [6.45, 7) is 1.99. The maximum atomic E-state index is 11.9. The van der Waals surface area contributed by atoms with Crippen LogP contribution in [0.3, 0.4) is 0 Å². The van der Waals surface area contributed by atoms with Crippen molar-refractivity contribution < 1.29 is 27.9 Å². The minimum atomic E-state index is -4.04. The predicted molar refractivity (Wildman–Crippen MR) is 82.8 cm³/mol. The number of carbonyl (C=O) groups excluding carboxylic acids is 1. The van der Waals surface area contributed by atoms with E-state index in [1.165, 1.54) is 24.3 Å². The second kappa shape index (κ2) is 8.99. The highest BCUT2D eigenvalue weighted by atomic mass is 32.2. The van der Waals surface area contributed by atoms with Gasteiger partial charge in [0, 0.05) is 0 Å². The smallest absolute Gasteiger partial charge is 0.405 e. The molecule has 0 heterocycles. The second-order valence-corrected chi connectivity index (χ2v) is 6.40. The molecule has 1 aromatic rings. The van der Waals surface area contributed by atoms with Gasteiger partial charge in [0.25, 0.3) is 15.9 Å². The van der Waals surface area contributed by atoms with Crippen LogP contribution in [-0.4, -0.2) is 38.7 Å². The van der Waals surface area contributed by atoms with Crippen molar-refractivity contribution >= 4 is 22.0 Å². The van der Waals surface area contributed by atoms with Gasteiger partial charge in [0.15, 0.2) is 0 Å². The fraction of sp³-hybridized carbons (Fsp3) is 0.429. The number of amides is 2. The summed E-state index contributed by atoms with van der Waals surface area (Å²) in [5.41, 5.74) is 0. The van der Waals surface area contributed by atoms with Gasteiger partial charge in [-0.05, 0) is 30.7 Å². The van der Waals surface area contributed by atoms with Gasteiger partial charge < -0.3 is 15.2 Å². The number of unbranched alkanes of at least 4 members (excludes halogenated alkanes) is 2. The molecule has 0 saturated heterocycles. The zero-order chi connectivity index (χ0) is 17.3. The maximum Gasteiger partial charge on any atom is 0.405 e. The monoisotopic (exact) mass is 344 g/mol. The van der Waals surface area contributed by atoms with Crippen LogP contribution in [0.4, 0.5) is 4.79 Å². The fourth-order valence-corrected chi connectivity index (χ4v) is 2.64. The van der Waals surface area contributed by atoms with Crippen molar-refractivity contribution in [1.82, 2.24) is 10.0 Å². The van der Waals surface area contributed by atoms with E-state index in [4.69, 9.17) is 9.84 Å². The first kappa shape index (κ1) is 18.8. The van der Waals surface area contributed by atoms with Gasteiger partial charge in [-0.2, -0.15) is 0 Å². The minimum absolute atomic E-state index is 0.109. The lowest BCUT2D eigenvalue weighted by Gasteiger charge is -2.09. The Balaban J connectivity index is 2.59. The first-order chi connectivity index (χ1) is 10.8. The minimum Gasteiger partial charge on any atom is -0.494 e. The maximum absolute atomic E-state index is 11.9. The SMILES string of the molecule is CCCCCOc1ccc(S(=O)(=O)NC(=O)CNC(=O)O)cc1. The van der Waals surface area contributed by atoms with E-state index >= 15 is 0 Å². The number of carboxylic acid groups (broad SMARTS) is 1. The molecule has 0 bridgehead atoms. The molecule has 0 fully saturated rings. The van der Waals surface area contributed by atoms with Crippen molar-refractivity contribution in [3.8, 4) is 5.75 Å². The normalized spacial score (nSPS) is 10.8. The third-order valence-electron chi connectivity index (χ3n) is 2.80. The Morgan fingerprint density at radius 2 is 1.83 bits per heavy atom. The first-order valence-corrected chi connectivity index (χ1v) is 8.58. The number of sulfonamides is 1. The van der Waals surface area contributed by atoms with E-state index in [9.17, 15) is 18.0 Å². The van der Waals surface area contributed by atoms with Gasteiger partial charge in [-0.25, -0.2) is 17.9 Å². The third kappa shape index (κ3) is 7.00. The Hall–Kier alpha value is -2.29. The molecule has 128 valence electrons. The number of hydrogen-bond acceptors (Lipinski definition) is 5. The summed E-state index contributed by atoms with van der Waals surface area (Å²) in [6.07, 6.45) is 1.64. The van der Waals surface area contributed by atoms with Crippen LogP contribution in [0, 0.1) is 0 Å². The van der Waals surface area contributed by atoms with Gasteiger partial charge >= 0.3 is 6.09 Å². The van der Waals surface area contributed by atoms with Crippen molar-refractivity contribution in [2.24, 2.45) is 0 Å². The Labute approximate surface area is 134 Å². The zero-order valence-electron chi connectivity index (χ0n) is 12.7. The number of benzene rings is 1. The lowest BCUT2D eigenvalue weighted by molar-refractivity contribution is -0.118. The summed E-state index contributed by atoms with van der Waals surface area (Å²) in [5, 5.41) is 10.1. The van der Waals surface area contributed by atoms with Crippen molar-refractivity contribution in [3.05, 3.63) is 24.3 Å². The topological polar surface area (TPSA) is 122 Å². The molecule has 23 heavy (non-hydrogen) atoms. The molecule has 0 aliphatic rings. The summed E-state index contributed by atoms with van der Waals surface area (Å²) in [6, 6.07) is 5.63. The molecule has 1 rings (SSSR count). The lowest BCUT2D eigenvalue weighted by Crippen LogP contribution is -2.39. The average Bonchev–Trinajstić information content (AvgIpc) is 2.50. The number of carbonyl (C=O) groups is 2. The van der Waals surface area contributed by atoms with Gasteiger partial charge in [0.05, 0.1) is 11.5 Å². The molecule has 8 nitrogen and oxygen atoms in total. The van der Waals surface area contributed by atoms with Gasteiger partial charge in [0.1, 0.15) is 12.3 Å². The van der Waals surface area contributed by atoms with Crippen molar-refractivity contribution in [2.45, 2.75) is 31.1 Å². The summed E-state index contributed by atoms with van der Waals surface area (Å²) in [7, 11) is -4.04. The van der Waals surface area contributed by atoms with Gasteiger partial charge in [-0.1, -0.05) is 19.8 Å². The molecule has 0 radical (unpaired) electrons. The third-order valence-corrected chi connectivity index (χ3v) is 4.19. The Morgan fingerprint density at radius 1 is 1.17 bits per heavy atom. The van der Waals surface area contributed by atoms with E-state index in [-0.39, 0.29) is 4.90 Å². The molecule has 0 aliphatic heterocycles. The molecule has 0 aliphatic carbocycles. The highest BCUT2D eigenvalue weighted by molar-refractivity contribution is 7.90. The summed E-state index contributed by atoms with van der Waals surface area (Å²) in [5.74, 6) is -0.425. The predicted octanol–water partition coefficient (Wildman–Crippen LogP) is 1.33. The van der Waals surface area contributed by atoms with Crippen LogP contribution in [0.2, 0.25) is 0 Å². The molecule has 0 aromatic heterocycles. The van der Waals surface area contributed by atoms with Crippen LogP contribution in [0.5, 0.6) is 5.75 Å². The van der Waals surface area contributed by atoms with Crippen molar-refractivity contribution in [3.63, 3.8) is 0 Å². The molecule has 1 aromatic carbocycles. The van der Waals surface area contributed by atoms with E-state index in [2.05, 4.69) is 6.92 Å². The zero-order valence-corrected chi connectivity index (χ0v) is 13.6. The second-order valence-electron chi connectivity index (χ2n) is 4.71. The largest absolute Gasteiger partial charge is 0.494 e. The van der Waals surface area contributed by atoms with Crippen LogP contribution in [0.15, 0.2) is 29.2 Å². The van der Waals surface area contributed by atoms with Crippen LogP contribution < -0.4 is 14.8 Å². The van der Waals surface area contributed by atoms with E-state index in [0.29, 0.717) is 12.4 Å². The highest BCUT2D eigenvalue weighted by Crippen LogP contribution is 2.16. The Kier molecular flexibility index (Phi) is 7.33. The molecule has 3 N–H and O–H groups in total. The fourth-order valence-electron chi connectivity index (χ4n) is 1.66. The summed E-state index contributed by atoms with van der Waals surface area (Å²) < 4.78 is 31.1. The number of hydrogen-bond donors (Lipinski definition) is 3. The Morgan fingerprint density at radius 3 is 2.39 bits per heavy atom. The molecule has 0 unspecified atom stereocenters. The summed E-state index contributed by atoms with van der Waals surface area (Å²) >= 11 is 0. The highest BCUT2D eigenvalue weighted by Gasteiger charge is 2.17. The molecule has 0 atom stereocenters. The molecule has 2 amide bonds. The quantitative estimate of drug-likeness (QED) is 0.581. The van der Waals surface area contributed by atoms with Crippen LogP contribution in [-0.2, 0) is 14.8 Å². The van der Waals surface area contributed by atoms with E-state index in [1.54, 1.807) is 10.0 Å².